The Kier molecular flexibility index (Phi) is 7.30. The van der Waals surface area contributed by atoms with Gasteiger partial charge in [0.25, 0.3) is 0 Å². The topological polar surface area (TPSA) is 92.6 Å². The molecule has 3 rings (SSSR count). The van der Waals surface area contributed by atoms with Gasteiger partial charge in [-0.2, -0.15) is 0 Å². The average Bonchev–Trinajstić information content (AvgIpc) is 3.19. The van der Waals surface area contributed by atoms with Gasteiger partial charge in [0.05, 0.1) is 18.3 Å². The minimum absolute atomic E-state index is 0.0709. The molecule has 0 aliphatic carbocycles. The minimum Gasteiger partial charge on any atom is -0.497 e. The molecule has 28 heavy (non-hydrogen) atoms. The molecule has 0 aliphatic heterocycles. The van der Waals surface area contributed by atoms with E-state index in [0.717, 1.165) is 16.9 Å². The van der Waals surface area contributed by atoms with Gasteiger partial charge < -0.3 is 14.7 Å². The van der Waals surface area contributed by atoms with Crippen LogP contribution >= 0.6 is 23.4 Å². The maximum Gasteiger partial charge on any atom is 0.208 e. The SMILES string of the molecule is COc1ccc(/C=N/OCC(O)CSc2n[nH]c(-c3ccccc3Cl)n2)cc1. The number of thioether (sulfide) groups is 1. The number of halogens is 1. The van der Waals surface area contributed by atoms with Gasteiger partial charge >= 0.3 is 0 Å². The molecule has 0 aliphatic rings. The Morgan fingerprint density at radius 1 is 1.25 bits per heavy atom. The molecule has 0 spiro atoms. The van der Waals surface area contributed by atoms with Crippen molar-refractivity contribution in [1.82, 2.24) is 15.2 Å². The molecule has 0 radical (unpaired) electrons. The van der Waals surface area contributed by atoms with Gasteiger partial charge in [-0.05, 0) is 42.0 Å². The molecule has 2 N–H and O–H groups in total. The number of nitrogens with one attached hydrogen (secondary N) is 1. The Bertz CT molecular complexity index is 918. The molecule has 3 aromatic rings. The minimum atomic E-state index is -0.708. The zero-order valence-corrected chi connectivity index (χ0v) is 16.7. The number of oxime groups is 1. The maximum atomic E-state index is 10.0. The standard InChI is InChI=1S/C19H19ClN4O3S/c1-26-15-8-6-13(7-9-15)10-21-27-11-14(25)12-28-19-22-18(23-24-19)16-4-2-3-5-17(16)20/h2-10,14,25H,11-12H2,1H3,(H,22,23,24)/b21-10+. The van der Waals surface area contributed by atoms with Crippen molar-refractivity contribution in [2.45, 2.75) is 11.3 Å². The lowest BCUT2D eigenvalue weighted by atomic mass is 10.2. The molecule has 0 amide bonds. The molecule has 1 atom stereocenters. The first kappa shape index (κ1) is 20.2. The molecule has 0 bridgehead atoms. The maximum absolute atomic E-state index is 10.0. The van der Waals surface area contributed by atoms with Crippen LogP contribution in [0.2, 0.25) is 5.02 Å². The number of aliphatic hydroxyl groups excluding tert-OH is 1. The summed E-state index contributed by atoms with van der Waals surface area (Å²) >= 11 is 7.47. The van der Waals surface area contributed by atoms with Crippen molar-refractivity contribution in [1.29, 1.82) is 0 Å². The zero-order chi connectivity index (χ0) is 19.8. The third kappa shape index (κ3) is 5.72. The van der Waals surface area contributed by atoms with Crippen LogP contribution in [-0.4, -0.2) is 52.1 Å². The van der Waals surface area contributed by atoms with Crippen molar-refractivity contribution in [2.75, 3.05) is 19.5 Å². The number of ether oxygens (including phenoxy) is 1. The predicted molar refractivity (Wildman–Crippen MR) is 110 cm³/mol. The average molecular weight is 419 g/mol. The van der Waals surface area contributed by atoms with E-state index in [-0.39, 0.29) is 6.61 Å². The Hall–Kier alpha value is -2.55. The summed E-state index contributed by atoms with van der Waals surface area (Å²) in [7, 11) is 1.61. The van der Waals surface area contributed by atoms with E-state index >= 15 is 0 Å². The number of benzene rings is 2. The van der Waals surface area contributed by atoms with Crippen molar-refractivity contribution in [3.05, 3.63) is 59.1 Å². The molecule has 0 saturated heterocycles. The number of rotatable bonds is 9. The van der Waals surface area contributed by atoms with Crippen LogP contribution in [0.25, 0.3) is 11.4 Å². The Labute approximate surface area is 171 Å². The monoisotopic (exact) mass is 418 g/mol. The van der Waals surface area contributed by atoms with Crippen LogP contribution in [0.5, 0.6) is 5.75 Å². The number of aliphatic hydroxyl groups is 1. The molecule has 1 unspecified atom stereocenters. The summed E-state index contributed by atoms with van der Waals surface area (Å²) in [4.78, 5) is 9.53. The summed E-state index contributed by atoms with van der Waals surface area (Å²) in [6.07, 6.45) is 0.866. The zero-order valence-electron chi connectivity index (χ0n) is 15.1. The lowest BCUT2D eigenvalue weighted by Crippen LogP contribution is -2.16. The van der Waals surface area contributed by atoms with Gasteiger partial charge in [0.1, 0.15) is 18.5 Å². The third-order valence-electron chi connectivity index (χ3n) is 3.66. The summed E-state index contributed by atoms with van der Waals surface area (Å²) in [6, 6.07) is 14.8. The smallest absolute Gasteiger partial charge is 0.208 e. The highest BCUT2D eigenvalue weighted by molar-refractivity contribution is 7.99. The molecule has 0 fully saturated rings. The highest BCUT2D eigenvalue weighted by atomic mass is 35.5. The fourth-order valence-corrected chi connectivity index (χ4v) is 3.15. The molecule has 0 saturated carbocycles. The van der Waals surface area contributed by atoms with E-state index in [4.69, 9.17) is 21.2 Å². The van der Waals surface area contributed by atoms with Crippen LogP contribution in [0.4, 0.5) is 0 Å². The van der Waals surface area contributed by atoms with Crippen LogP contribution in [0.15, 0.2) is 58.8 Å². The molecule has 2 aromatic carbocycles. The molecular formula is C19H19ClN4O3S. The fraction of sp³-hybridized carbons (Fsp3) is 0.211. The van der Waals surface area contributed by atoms with Crippen molar-refractivity contribution >= 4 is 29.6 Å². The lowest BCUT2D eigenvalue weighted by Gasteiger charge is -2.06. The molecule has 7 nitrogen and oxygen atoms in total. The van der Waals surface area contributed by atoms with E-state index in [0.29, 0.717) is 21.8 Å². The van der Waals surface area contributed by atoms with E-state index < -0.39 is 6.10 Å². The van der Waals surface area contributed by atoms with Crippen LogP contribution in [0.1, 0.15) is 5.56 Å². The molecule has 9 heteroatoms. The van der Waals surface area contributed by atoms with Gasteiger partial charge in [-0.15, -0.1) is 5.10 Å². The Balaban J connectivity index is 1.42. The molecular weight excluding hydrogens is 400 g/mol. The van der Waals surface area contributed by atoms with Crippen molar-refractivity contribution < 1.29 is 14.7 Å². The number of aromatic amines is 1. The Morgan fingerprint density at radius 3 is 2.79 bits per heavy atom. The van der Waals surface area contributed by atoms with Crippen LogP contribution in [0, 0.1) is 0 Å². The van der Waals surface area contributed by atoms with Crippen LogP contribution in [0.3, 0.4) is 0 Å². The van der Waals surface area contributed by atoms with Gasteiger partial charge in [0.15, 0.2) is 5.82 Å². The van der Waals surface area contributed by atoms with Crippen molar-refractivity contribution in [2.24, 2.45) is 5.16 Å². The van der Waals surface area contributed by atoms with Gasteiger partial charge in [0, 0.05) is 11.3 Å². The first-order chi connectivity index (χ1) is 13.7. The summed E-state index contributed by atoms with van der Waals surface area (Å²) in [5.41, 5.74) is 1.65. The summed E-state index contributed by atoms with van der Waals surface area (Å²) in [6.45, 7) is 0.0709. The van der Waals surface area contributed by atoms with E-state index in [1.165, 1.54) is 11.8 Å². The number of H-pyrrole nitrogens is 1. The molecule has 146 valence electrons. The Morgan fingerprint density at radius 2 is 2.04 bits per heavy atom. The largest absolute Gasteiger partial charge is 0.497 e. The number of hydrogen-bond acceptors (Lipinski definition) is 7. The van der Waals surface area contributed by atoms with Gasteiger partial charge in [-0.25, -0.2) is 4.98 Å². The fourth-order valence-electron chi connectivity index (χ4n) is 2.22. The third-order valence-corrected chi connectivity index (χ3v) is 4.98. The number of methoxy groups -OCH3 is 1. The first-order valence-electron chi connectivity index (χ1n) is 8.43. The predicted octanol–water partition coefficient (Wildman–Crippen LogP) is 3.64. The number of nitrogens with zero attached hydrogens (tertiary/aromatic N) is 3. The van der Waals surface area contributed by atoms with Gasteiger partial charge in [0.2, 0.25) is 5.16 Å². The van der Waals surface area contributed by atoms with E-state index in [2.05, 4.69) is 20.3 Å². The lowest BCUT2D eigenvalue weighted by molar-refractivity contribution is 0.0532. The molecule has 1 aromatic heterocycles. The van der Waals surface area contributed by atoms with E-state index in [1.807, 2.05) is 42.5 Å². The summed E-state index contributed by atoms with van der Waals surface area (Å²) < 4.78 is 5.09. The van der Waals surface area contributed by atoms with Crippen LogP contribution < -0.4 is 4.74 Å². The normalized spacial score (nSPS) is 12.2. The number of hydrogen-bond donors (Lipinski definition) is 2. The quantitative estimate of drug-likeness (QED) is 0.313. The summed E-state index contributed by atoms with van der Waals surface area (Å²) in [5, 5.41) is 22.0. The van der Waals surface area contributed by atoms with Crippen molar-refractivity contribution in [3.8, 4) is 17.1 Å². The highest BCUT2D eigenvalue weighted by Gasteiger charge is 2.11. The first-order valence-corrected chi connectivity index (χ1v) is 9.79. The summed E-state index contributed by atoms with van der Waals surface area (Å²) in [5.74, 6) is 1.73. The van der Waals surface area contributed by atoms with Crippen LogP contribution in [-0.2, 0) is 4.84 Å². The molecule has 1 heterocycles. The van der Waals surface area contributed by atoms with Gasteiger partial charge in [-0.3, -0.25) is 5.10 Å². The van der Waals surface area contributed by atoms with Gasteiger partial charge in [-0.1, -0.05) is 40.7 Å². The number of aromatic nitrogens is 3. The second-order valence-electron chi connectivity index (χ2n) is 5.71. The highest BCUT2D eigenvalue weighted by Crippen LogP contribution is 2.26. The second-order valence-corrected chi connectivity index (χ2v) is 7.11. The van der Waals surface area contributed by atoms with E-state index in [9.17, 15) is 5.11 Å². The van der Waals surface area contributed by atoms with E-state index in [1.54, 1.807) is 19.4 Å². The van der Waals surface area contributed by atoms with Crippen molar-refractivity contribution in [3.63, 3.8) is 0 Å². The second kappa shape index (κ2) is 10.1.